The number of amides is 1. The first-order chi connectivity index (χ1) is 16.2. The number of carbonyl (C=O) groups is 6. The van der Waals surface area contributed by atoms with Crippen molar-refractivity contribution in [2.75, 3.05) is 14.1 Å². The Labute approximate surface area is 198 Å². The molecule has 0 radical (unpaired) electrons. The van der Waals surface area contributed by atoms with Gasteiger partial charge in [-0.3, -0.25) is 28.9 Å². The number of aliphatic hydroxyl groups is 2. The molecular formula is C23H24N2O10. The quantitative estimate of drug-likeness (QED) is 0.296. The van der Waals surface area contributed by atoms with Crippen LogP contribution in [0.2, 0.25) is 0 Å². The number of carboxylic acid groups (broad SMARTS) is 1. The van der Waals surface area contributed by atoms with Gasteiger partial charge in [0, 0.05) is 5.92 Å². The molecule has 186 valence electrons. The van der Waals surface area contributed by atoms with E-state index in [-0.39, 0.29) is 5.56 Å². The number of fused-ring (bicyclic) bond motifs is 3. The van der Waals surface area contributed by atoms with Crippen LogP contribution in [0.5, 0.6) is 5.75 Å². The number of Topliss-reactive ketones (excluding diaryl/α,β-unsaturated/α-hetero) is 4. The Morgan fingerprint density at radius 1 is 1.09 bits per heavy atom. The summed E-state index contributed by atoms with van der Waals surface area (Å²) >= 11 is 0. The Hall–Kier alpha value is -3.48. The van der Waals surface area contributed by atoms with Crippen LogP contribution in [0.3, 0.4) is 0 Å². The van der Waals surface area contributed by atoms with Gasteiger partial charge in [-0.2, -0.15) is 0 Å². The number of aromatic hydroxyl groups is 1. The van der Waals surface area contributed by atoms with E-state index in [4.69, 9.17) is 5.73 Å². The van der Waals surface area contributed by atoms with Gasteiger partial charge in [0.25, 0.3) is 0 Å². The van der Waals surface area contributed by atoms with Crippen LogP contribution in [0.25, 0.3) is 0 Å². The molecule has 0 spiro atoms. The number of primary amides is 1. The molecule has 0 saturated heterocycles. The molecular weight excluding hydrogens is 464 g/mol. The fourth-order valence-electron chi connectivity index (χ4n) is 6.16. The number of hydrogen-bond acceptors (Lipinski definition) is 10. The second-order valence-corrected chi connectivity index (χ2v) is 9.60. The number of ketones is 4. The van der Waals surface area contributed by atoms with Crippen LogP contribution in [0.1, 0.15) is 39.1 Å². The molecule has 6 N–H and O–H groups in total. The lowest BCUT2D eigenvalue weighted by molar-refractivity contribution is -0.196. The zero-order valence-electron chi connectivity index (χ0n) is 19.0. The molecule has 0 aromatic heterocycles. The van der Waals surface area contributed by atoms with E-state index in [0.29, 0.717) is 0 Å². The van der Waals surface area contributed by atoms with Crippen molar-refractivity contribution in [3.05, 3.63) is 28.8 Å². The van der Waals surface area contributed by atoms with Crippen LogP contribution in [-0.4, -0.2) is 92.2 Å². The normalized spacial score (nSPS) is 36.5. The minimum atomic E-state index is -3.10. The van der Waals surface area contributed by atoms with Gasteiger partial charge < -0.3 is 26.2 Å². The monoisotopic (exact) mass is 488 g/mol. The summed E-state index contributed by atoms with van der Waals surface area (Å²) in [5.41, 5.74) is 1.25. The van der Waals surface area contributed by atoms with Crippen molar-refractivity contribution in [1.82, 2.24) is 4.90 Å². The highest BCUT2D eigenvalue weighted by atomic mass is 16.4. The summed E-state index contributed by atoms with van der Waals surface area (Å²) in [4.78, 5) is 78.2. The van der Waals surface area contributed by atoms with Gasteiger partial charge >= 0.3 is 5.97 Å². The van der Waals surface area contributed by atoms with Crippen LogP contribution in [-0.2, 0) is 19.2 Å². The Morgan fingerprint density at radius 3 is 2.20 bits per heavy atom. The van der Waals surface area contributed by atoms with E-state index >= 15 is 0 Å². The van der Waals surface area contributed by atoms with Gasteiger partial charge in [-0.15, -0.1) is 0 Å². The van der Waals surface area contributed by atoms with Crippen LogP contribution in [0.15, 0.2) is 12.1 Å². The third-order valence-corrected chi connectivity index (χ3v) is 7.72. The highest BCUT2D eigenvalue weighted by Crippen LogP contribution is 2.54. The third kappa shape index (κ3) is 2.96. The standard InChI is InChI=1S/C23H24N2O10/c1-6-7-4-5-8(22(33)34)15(26)10(7)16(27)11-9(6)17(28)13-14(25(2)3)18(29)12(21(24)32)20(31)23(13,35)19(11)30/h4-6,9,11-14,17,26,28,35H,1-3H3,(H2,24,32)(H,33,34). The molecule has 2 saturated carbocycles. The van der Waals surface area contributed by atoms with Gasteiger partial charge in [-0.1, -0.05) is 13.0 Å². The summed E-state index contributed by atoms with van der Waals surface area (Å²) < 4.78 is 0. The van der Waals surface area contributed by atoms with E-state index in [1.807, 2.05) is 0 Å². The van der Waals surface area contributed by atoms with Crippen molar-refractivity contribution >= 4 is 35.0 Å². The molecule has 0 heterocycles. The number of phenols is 1. The summed E-state index contributed by atoms with van der Waals surface area (Å²) in [6.45, 7) is 1.53. The molecule has 3 aliphatic carbocycles. The average molecular weight is 488 g/mol. The van der Waals surface area contributed by atoms with Crippen molar-refractivity contribution in [3.63, 3.8) is 0 Å². The van der Waals surface area contributed by atoms with E-state index in [2.05, 4.69) is 0 Å². The van der Waals surface area contributed by atoms with E-state index in [0.717, 1.165) is 6.07 Å². The minimum Gasteiger partial charge on any atom is -0.506 e. The van der Waals surface area contributed by atoms with Crippen molar-refractivity contribution in [2.45, 2.75) is 30.6 Å². The topological polar surface area (TPSA) is 213 Å². The Bertz CT molecular complexity index is 1220. The summed E-state index contributed by atoms with van der Waals surface area (Å²) in [7, 11) is 2.80. The molecule has 12 nitrogen and oxygen atoms in total. The number of hydrogen-bond donors (Lipinski definition) is 5. The van der Waals surface area contributed by atoms with Gasteiger partial charge in [0.1, 0.15) is 11.3 Å². The van der Waals surface area contributed by atoms with Crippen molar-refractivity contribution in [3.8, 4) is 5.75 Å². The molecule has 12 heteroatoms. The fourth-order valence-corrected chi connectivity index (χ4v) is 6.16. The number of aliphatic hydroxyl groups excluding tert-OH is 1. The minimum absolute atomic E-state index is 0.168. The molecule has 0 aliphatic heterocycles. The van der Waals surface area contributed by atoms with Crippen LogP contribution in [0.4, 0.5) is 0 Å². The molecule has 1 amide bonds. The van der Waals surface area contributed by atoms with E-state index in [9.17, 15) is 49.2 Å². The molecule has 8 atom stereocenters. The molecule has 8 unspecified atom stereocenters. The summed E-state index contributed by atoms with van der Waals surface area (Å²) in [5.74, 6) is -16.5. The van der Waals surface area contributed by atoms with Crippen LogP contribution < -0.4 is 5.73 Å². The first kappa shape index (κ1) is 24.6. The SMILES string of the molecule is CC1c2ccc(C(=O)O)c(O)c2C(=O)C2C(=O)C3(O)C(=O)C(C(N)=O)C(=O)C(N(C)C)C3C(O)C21. The predicted octanol–water partition coefficient (Wildman–Crippen LogP) is -1.90. The largest absolute Gasteiger partial charge is 0.506 e. The number of likely N-dealkylation sites (N-methyl/N-ethyl adjacent to an activating group) is 1. The molecule has 35 heavy (non-hydrogen) atoms. The molecule has 1 aromatic carbocycles. The number of carboxylic acids is 1. The van der Waals surface area contributed by atoms with E-state index in [1.165, 1.54) is 32.0 Å². The molecule has 2 fully saturated rings. The van der Waals surface area contributed by atoms with Gasteiger partial charge in [0.2, 0.25) is 5.91 Å². The number of nitrogens with two attached hydrogens (primary N) is 1. The van der Waals surface area contributed by atoms with Gasteiger partial charge in [-0.05, 0) is 31.6 Å². The van der Waals surface area contributed by atoms with Crippen LogP contribution in [0, 0.1) is 23.7 Å². The molecule has 1 aromatic rings. The molecule has 4 rings (SSSR count). The second kappa shape index (κ2) is 7.77. The van der Waals surface area contributed by atoms with Gasteiger partial charge in [0.15, 0.2) is 34.7 Å². The number of rotatable bonds is 3. The first-order valence-electron chi connectivity index (χ1n) is 10.8. The van der Waals surface area contributed by atoms with Crippen LogP contribution >= 0.6 is 0 Å². The second-order valence-electron chi connectivity index (χ2n) is 9.60. The number of benzene rings is 1. The fraction of sp³-hybridized carbons (Fsp3) is 0.478. The maximum atomic E-state index is 13.7. The molecule has 3 aliphatic rings. The van der Waals surface area contributed by atoms with Gasteiger partial charge in [-0.25, -0.2) is 4.79 Å². The maximum absolute atomic E-state index is 13.7. The lowest BCUT2D eigenvalue weighted by Crippen LogP contribution is -2.77. The zero-order valence-corrected chi connectivity index (χ0v) is 19.0. The summed E-state index contributed by atoms with van der Waals surface area (Å²) in [6.07, 6.45) is -1.75. The van der Waals surface area contributed by atoms with Crippen molar-refractivity contribution in [1.29, 1.82) is 0 Å². The number of carbonyl (C=O) groups excluding carboxylic acids is 5. The Kier molecular flexibility index (Phi) is 5.47. The number of nitrogens with zero attached hydrogens (tertiary/aromatic N) is 1. The third-order valence-electron chi connectivity index (χ3n) is 7.72. The maximum Gasteiger partial charge on any atom is 0.339 e. The van der Waals surface area contributed by atoms with Crippen molar-refractivity contribution in [2.24, 2.45) is 29.4 Å². The van der Waals surface area contributed by atoms with Crippen molar-refractivity contribution < 1.29 is 49.2 Å². The lowest BCUT2D eigenvalue weighted by atomic mass is 9.49. The highest BCUT2D eigenvalue weighted by molar-refractivity contribution is 6.32. The molecule has 0 bridgehead atoms. The van der Waals surface area contributed by atoms with Gasteiger partial charge in [0.05, 0.1) is 29.5 Å². The van der Waals surface area contributed by atoms with E-state index < -0.39 is 99.2 Å². The average Bonchev–Trinajstić information content (AvgIpc) is 2.75. The predicted molar refractivity (Wildman–Crippen MR) is 114 cm³/mol. The Morgan fingerprint density at radius 2 is 1.69 bits per heavy atom. The lowest BCUT2D eigenvalue weighted by Gasteiger charge is -2.56. The zero-order chi connectivity index (χ0) is 26.3. The number of aromatic carboxylic acids is 1. The Balaban J connectivity index is 1.97. The summed E-state index contributed by atoms with van der Waals surface area (Å²) in [6, 6.07) is 0.919. The van der Waals surface area contributed by atoms with E-state index in [1.54, 1.807) is 0 Å². The first-order valence-corrected chi connectivity index (χ1v) is 10.8. The highest BCUT2D eigenvalue weighted by Gasteiger charge is 2.72. The summed E-state index contributed by atoms with van der Waals surface area (Å²) in [5, 5.41) is 42.8. The smallest absolute Gasteiger partial charge is 0.339 e.